The lowest BCUT2D eigenvalue weighted by molar-refractivity contribution is -0.121. The van der Waals surface area contributed by atoms with E-state index in [1.165, 1.54) is 6.08 Å². The molecule has 0 unspecified atom stereocenters. The fraction of sp³-hybridized carbons (Fsp3) is 0.636. The zero-order valence-electron chi connectivity index (χ0n) is 9.75. The quantitative estimate of drug-likeness (QED) is 0.484. The minimum absolute atomic E-state index is 0.0168. The van der Waals surface area contributed by atoms with E-state index in [0.29, 0.717) is 19.5 Å². The number of ether oxygens (including phenoxy) is 1. The van der Waals surface area contributed by atoms with Gasteiger partial charge in [-0.05, 0) is 6.42 Å². The minimum Gasteiger partial charge on any atom is -0.445 e. The lowest BCUT2D eigenvalue weighted by Crippen LogP contribution is -2.34. The maximum absolute atomic E-state index is 11.2. The number of carbonyl (C=O) groups is 2. The molecular formula is C11H20N2O3. The van der Waals surface area contributed by atoms with Crippen LogP contribution in [-0.2, 0) is 9.53 Å². The van der Waals surface area contributed by atoms with Crippen LogP contribution in [0.3, 0.4) is 0 Å². The molecule has 5 nitrogen and oxygen atoms in total. The molecule has 0 aromatic carbocycles. The van der Waals surface area contributed by atoms with E-state index in [9.17, 15) is 9.59 Å². The van der Waals surface area contributed by atoms with Gasteiger partial charge in [-0.25, -0.2) is 4.79 Å². The van der Waals surface area contributed by atoms with Crippen molar-refractivity contribution in [1.29, 1.82) is 0 Å². The Morgan fingerprint density at radius 1 is 1.31 bits per heavy atom. The molecule has 2 N–H and O–H groups in total. The zero-order chi connectivity index (χ0) is 12.2. The Kier molecular flexibility index (Phi) is 9.06. The van der Waals surface area contributed by atoms with Gasteiger partial charge in [0.2, 0.25) is 5.91 Å². The fourth-order valence-electron chi connectivity index (χ4n) is 0.978. The van der Waals surface area contributed by atoms with Crippen molar-refractivity contribution in [3.05, 3.63) is 12.7 Å². The van der Waals surface area contributed by atoms with Crippen LogP contribution >= 0.6 is 0 Å². The average molecular weight is 228 g/mol. The lowest BCUT2D eigenvalue weighted by atomic mass is 10.2. The topological polar surface area (TPSA) is 67.4 Å². The number of amides is 2. The summed E-state index contributed by atoms with van der Waals surface area (Å²) in [5, 5.41) is 5.20. The summed E-state index contributed by atoms with van der Waals surface area (Å²) in [5.41, 5.74) is 0. The van der Waals surface area contributed by atoms with Crippen LogP contribution < -0.4 is 10.6 Å². The van der Waals surface area contributed by atoms with Crippen molar-refractivity contribution in [1.82, 2.24) is 10.6 Å². The number of hydrogen-bond donors (Lipinski definition) is 2. The summed E-state index contributed by atoms with van der Waals surface area (Å²) in [5.74, 6) is 0.0168. The molecule has 0 saturated heterocycles. The Hall–Kier alpha value is -1.52. The van der Waals surface area contributed by atoms with Crippen LogP contribution in [0.2, 0.25) is 0 Å². The Labute approximate surface area is 96.2 Å². The molecule has 0 saturated carbocycles. The van der Waals surface area contributed by atoms with E-state index in [4.69, 9.17) is 0 Å². The smallest absolute Gasteiger partial charge is 0.407 e. The Morgan fingerprint density at radius 2 is 2.00 bits per heavy atom. The second-order valence-corrected chi connectivity index (χ2v) is 3.27. The molecule has 0 aromatic rings. The molecule has 0 heterocycles. The van der Waals surface area contributed by atoms with Crippen LogP contribution in [0.25, 0.3) is 0 Å². The van der Waals surface area contributed by atoms with Gasteiger partial charge < -0.3 is 15.4 Å². The standard InChI is InChI=1S/C11H20N2O3/c1-3-5-6-10(14)12-7-8-13-11(15)16-9-4-2/h4H,2-3,5-9H2,1H3,(H,12,14)(H,13,15). The van der Waals surface area contributed by atoms with Crippen LogP contribution in [0.5, 0.6) is 0 Å². The van der Waals surface area contributed by atoms with Crippen LogP contribution in [0.4, 0.5) is 4.79 Å². The van der Waals surface area contributed by atoms with Crippen molar-refractivity contribution in [2.75, 3.05) is 19.7 Å². The van der Waals surface area contributed by atoms with E-state index in [1.54, 1.807) is 0 Å². The number of hydrogen-bond acceptors (Lipinski definition) is 3. The lowest BCUT2D eigenvalue weighted by Gasteiger charge is -2.06. The number of nitrogens with one attached hydrogen (secondary N) is 2. The van der Waals surface area contributed by atoms with Crippen LogP contribution in [-0.4, -0.2) is 31.7 Å². The Morgan fingerprint density at radius 3 is 2.62 bits per heavy atom. The summed E-state index contributed by atoms with van der Waals surface area (Å²) < 4.78 is 4.68. The van der Waals surface area contributed by atoms with Crippen molar-refractivity contribution in [3.8, 4) is 0 Å². The number of unbranched alkanes of at least 4 members (excludes halogenated alkanes) is 1. The van der Waals surface area contributed by atoms with Gasteiger partial charge in [0, 0.05) is 19.5 Å². The molecule has 16 heavy (non-hydrogen) atoms. The second-order valence-electron chi connectivity index (χ2n) is 3.27. The van der Waals surface area contributed by atoms with Crippen LogP contribution in [0, 0.1) is 0 Å². The molecule has 0 rings (SSSR count). The van der Waals surface area contributed by atoms with Crippen LogP contribution in [0.15, 0.2) is 12.7 Å². The van der Waals surface area contributed by atoms with Gasteiger partial charge in [-0.3, -0.25) is 4.79 Å². The van der Waals surface area contributed by atoms with Crippen molar-refractivity contribution in [2.45, 2.75) is 26.2 Å². The molecule has 0 spiro atoms. The van der Waals surface area contributed by atoms with E-state index in [-0.39, 0.29) is 12.5 Å². The predicted molar refractivity (Wildman–Crippen MR) is 62.1 cm³/mol. The molecule has 5 heteroatoms. The van der Waals surface area contributed by atoms with Gasteiger partial charge in [0.05, 0.1) is 0 Å². The van der Waals surface area contributed by atoms with Crippen molar-refractivity contribution >= 4 is 12.0 Å². The van der Waals surface area contributed by atoms with Gasteiger partial charge in [-0.15, -0.1) is 0 Å². The molecule has 0 aliphatic carbocycles. The fourth-order valence-corrected chi connectivity index (χ4v) is 0.978. The number of alkyl carbamates (subject to hydrolysis) is 1. The van der Waals surface area contributed by atoms with Crippen LogP contribution in [0.1, 0.15) is 26.2 Å². The van der Waals surface area contributed by atoms with Gasteiger partial charge in [0.25, 0.3) is 0 Å². The summed E-state index contributed by atoms with van der Waals surface area (Å²) in [6, 6.07) is 0. The molecule has 2 amide bonds. The zero-order valence-corrected chi connectivity index (χ0v) is 9.75. The summed E-state index contributed by atoms with van der Waals surface area (Å²) >= 11 is 0. The second kappa shape index (κ2) is 10.0. The Balaban J connectivity index is 3.34. The number of rotatable bonds is 8. The van der Waals surface area contributed by atoms with E-state index < -0.39 is 6.09 Å². The third kappa shape index (κ3) is 9.05. The first kappa shape index (κ1) is 14.5. The van der Waals surface area contributed by atoms with Gasteiger partial charge in [0.15, 0.2) is 0 Å². The van der Waals surface area contributed by atoms with Gasteiger partial charge in [-0.2, -0.15) is 0 Å². The molecule has 0 aliphatic heterocycles. The third-order valence-corrected chi connectivity index (χ3v) is 1.81. The van der Waals surface area contributed by atoms with Crippen molar-refractivity contribution in [2.24, 2.45) is 0 Å². The van der Waals surface area contributed by atoms with Crippen molar-refractivity contribution in [3.63, 3.8) is 0 Å². The van der Waals surface area contributed by atoms with Gasteiger partial charge in [-0.1, -0.05) is 26.0 Å². The van der Waals surface area contributed by atoms with E-state index >= 15 is 0 Å². The minimum atomic E-state index is -0.497. The maximum atomic E-state index is 11.2. The molecule has 0 aromatic heterocycles. The monoisotopic (exact) mass is 228 g/mol. The summed E-state index contributed by atoms with van der Waals surface area (Å²) in [4.78, 5) is 22.1. The average Bonchev–Trinajstić information content (AvgIpc) is 2.29. The summed E-state index contributed by atoms with van der Waals surface area (Å²) in [7, 11) is 0. The SMILES string of the molecule is C=CCOC(=O)NCCNC(=O)CCCC. The van der Waals surface area contributed by atoms with Gasteiger partial charge in [0.1, 0.15) is 6.61 Å². The largest absolute Gasteiger partial charge is 0.445 e. The molecule has 0 aliphatic rings. The molecular weight excluding hydrogens is 208 g/mol. The highest BCUT2D eigenvalue weighted by Gasteiger charge is 2.01. The highest BCUT2D eigenvalue weighted by atomic mass is 16.5. The van der Waals surface area contributed by atoms with Crippen molar-refractivity contribution < 1.29 is 14.3 Å². The number of carbonyl (C=O) groups excluding carboxylic acids is 2. The first-order valence-corrected chi connectivity index (χ1v) is 5.49. The Bertz CT molecular complexity index is 229. The summed E-state index contributed by atoms with van der Waals surface area (Å²) in [6.07, 6.45) is 3.42. The molecule has 0 bridgehead atoms. The third-order valence-electron chi connectivity index (χ3n) is 1.81. The molecule has 0 fully saturated rings. The highest BCUT2D eigenvalue weighted by molar-refractivity contribution is 5.75. The summed E-state index contributed by atoms with van der Waals surface area (Å²) in [6.45, 7) is 6.43. The van der Waals surface area contributed by atoms with Gasteiger partial charge >= 0.3 is 6.09 Å². The predicted octanol–water partition coefficient (Wildman–Crippen LogP) is 1.20. The van der Waals surface area contributed by atoms with E-state index in [2.05, 4.69) is 21.9 Å². The molecule has 0 radical (unpaired) electrons. The normalized spacial score (nSPS) is 9.31. The highest BCUT2D eigenvalue weighted by Crippen LogP contribution is 1.92. The first-order valence-electron chi connectivity index (χ1n) is 5.49. The first-order chi connectivity index (χ1) is 7.70. The van der Waals surface area contributed by atoms with E-state index in [0.717, 1.165) is 12.8 Å². The molecule has 92 valence electrons. The molecule has 0 atom stereocenters. The maximum Gasteiger partial charge on any atom is 0.407 e. The van der Waals surface area contributed by atoms with E-state index in [1.807, 2.05) is 6.92 Å².